The summed E-state index contributed by atoms with van der Waals surface area (Å²) in [6.45, 7) is 4.28. The highest BCUT2D eigenvalue weighted by Gasteiger charge is 2.30. The SMILES string of the molecule is C=C1OCC/C=C\CCC1S(=O)(=O)c1ccccc1. The molecule has 19 heavy (non-hydrogen) atoms. The summed E-state index contributed by atoms with van der Waals surface area (Å²) in [5.74, 6) is 0.354. The van der Waals surface area contributed by atoms with E-state index in [2.05, 4.69) is 6.58 Å². The van der Waals surface area contributed by atoms with Gasteiger partial charge in [0, 0.05) is 0 Å². The first kappa shape index (κ1) is 13.9. The van der Waals surface area contributed by atoms with E-state index < -0.39 is 15.1 Å². The van der Waals surface area contributed by atoms with Gasteiger partial charge in [-0.05, 0) is 31.4 Å². The molecule has 0 amide bonds. The molecule has 1 aliphatic rings. The minimum atomic E-state index is -3.43. The maximum atomic E-state index is 12.6. The molecule has 0 aliphatic carbocycles. The van der Waals surface area contributed by atoms with Crippen molar-refractivity contribution in [3.63, 3.8) is 0 Å². The highest BCUT2D eigenvalue weighted by molar-refractivity contribution is 7.92. The fourth-order valence-corrected chi connectivity index (χ4v) is 3.82. The van der Waals surface area contributed by atoms with Crippen molar-refractivity contribution in [3.8, 4) is 0 Å². The third-order valence-corrected chi connectivity index (χ3v) is 5.32. The van der Waals surface area contributed by atoms with Crippen molar-refractivity contribution in [2.45, 2.75) is 29.4 Å². The summed E-state index contributed by atoms with van der Waals surface area (Å²) in [6, 6.07) is 8.49. The van der Waals surface area contributed by atoms with Gasteiger partial charge in [-0.1, -0.05) is 36.9 Å². The highest BCUT2D eigenvalue weighted by atomic mass is 32.2. The van der Waals surface area contributed by atoms with Gasteiger partial charge in [-0.3, -0.25) is 0 Å². The largest absolute Gasteiger partial charge is 0.497 e. The minimum absolute atomic E-state index is 0.327. The fourth-order valence-electron chi connectivity index (χ4n) is 2.10. The summed E-state index contributed by atoms with van der Waals surface area (Å²) in [7, 11) is -3.43. The second-order valence-electron chi connectivity index (χ2n) is 4.50. The Morgan fingerprint density at radius 2 is 1.79 bits per heavy atom. The van der Waals surface area contributed by atoms with Gasteiger partial charge in [0.2, 0.25) is 0 Å². The molecule has 0 aromatic heterocycles. The molecule has 1 unspecified atom stereocenters. The summed E-state index contributed by atoms with van der Waals surface area (Å²) in [4.78, 5) is 0.327. The number of sulfone groups is 1. The molecule has 0 spiro atoms. The number of hydrogen-bond acceptors (Lipinski definition) is 3. The molecular formula is C15H18O3S. The Morgan fingerprint density at radius 3 is 2.53 bits per heavy atom. The lowest BCUT2D eigenvalue weighted by Crippen LogP contribution is -2.24. The molecule has 1 aromatic rings. The Labute approximate surface area is 114 Å². The van der Waals surface area contributed by atoms with Gasteiger partial charge in [-0.2, -0.15) is 0 Å². The van der Waals surface area contributed by atoms with Gasteiger partial charge in [-0.15, -0.1) is 0 Å². The van der Waals surface area contributed by atoms with Crippen LogP contribution in [0.25, 0.3) is 0 Å². The standard InChI is InChI=1S/C15H18O3S/c1-13-15(11-7-2-3-8-12-18-13)19(16,17)14-9-5-4-6-10-14/h2-6,9-10,15H,1,7-8,11-12H2/b3-2-. The Morgan fingerprint density at radius 1 is 1.11 bits per heavy atom. The summed E-state index contributed by atoms with van der Waals surface area (Å²) in [6.07, 6.45) is 6.04. The molecule has 2 rings (SSSR count). The Kier molecular flexibility index (Phi) is 4.43. The molecule has 1 atom stereocenters. The van der Waals surface area contributed by atoms with Crippen LogP contribution in [0.3, 0.4) is 0 Å². The molecule has 0 N–H and O–H groups in total. The van der Waals surface area contributed by atoms with Crippen LogP contribution >= 0.6 is 0 Å². The van der Waals surface area contributed by atoms with Gasteiger partial charge in [-0.25, -0.2) is 8.42 Å². The van der Waals surface area contributed by atoms with Crippen molar-refractivity contribution in [3.05, 3.63) is 54.8 Å². The van der Waals surface area contributed by atoms with Gasteiger partial charge in [0.25, 0.3) is 0 Å². The molecule has 102 valence electrons. The quantitative estimate of drug-likeness (QED) is 0.781. The number of allylic oxidation sites excluding steroid dienone is 1. The van der Waals surface area contributed by atoms with Gasteiger partial charge in [0.05, 0.1) is 11.5 Å². The summed E-state index contributed by atoms with van der Waals surface area (Å²) >= 11 is 0. The number of ether oxygens (including phenoxy) is 1. The van der Waals surface area contributed by atoms with Crippen LogP contribution in [-0.2, 0) is 14.6 Å². The number of hydrogen-bond donors (Lipinski definition) is 0. The van der Waals surface area contributed by atoms with Crippen molar-refractivity contribution < 1.29 is 13.2 Å². The second kappa shape index (κ2) is 6.06. The molecule has 0 fully saturated rings. The topological polar surface area (TPSA) is 43.4 Å². The van der Waals surface area contributed by atoms with E-state index in [0.29, 0.717) is 23.7 Å². The zero-order chi connectivity index (χ0) is 13.7. The lowest BCUT2D eigenvalue weighted by molar-refractivity contribution is 0.210. The van der Waals surface area contributed by atoms with Crippen LogP contribution in [0, 0.1) is 0 Å². The zero-order valence-electron chi connectivity index (χ0n) is 10.8. The Hall–Kier alpha value is -1.55. The van der Waals surface area contributed by atoms with Crippen molar-refractivity contribution in [2.24, 2.45) is 0 Å². The predicted molar refractivity (Wildman–Crippen MR) is 75.5 cm³/mol. The zero-order valence-corrected chi connectivity index (χ0v) is 11.6. The third kappa shape index (κ3) is 3.26. The van der Waals surface area contributed by atoms with E-state index in [0.717, 1.165) is 12.8 Å². The first-order valence-corrected chi connectivity index (χ1v) is 7.92. The van der Waals surface area contributed by atoms with Crippen LogP contribution in [0.4, 0.5) is 0 Å². The monoisotopic (exact) mass is 278 g/mol. The van der Waals surface area contributed by atoms with Crippen molar-refractivity contribution >= 4 is 9.84 Å². The van der Waals surface area contributed by atoms with Gasteiger partial charge >= 0.3 is 0 Å². The lowest BCUT2D eigenvalue weighted by atomic mass is 10.2. The molecular weight excluding hydrogens is 260 g/mol. The number of rotatable bonds is 2. The third-order valence-electron chi connectivity index (χ3n) is 3.14. The van der Waals surface area contributed by atoms with Crippen molar-refractivity contribution in [1.82, 2.24) is 0 Å². The Bertz CT molecular complexity index is 558. The minimum Gasteiger partial charge on any atom is -0.497 e. The molecule has 1 aromatic carbocycles. The van der Waals surface area contributed by atoms with E-state index in [9.17, 15) is 8.42 Å². The second-order valence-corrected chi connectivity index (χ2v) is 6.63. The maximum Gasteiger partial charge on any atom is 0.188 e. The van der Waals surface area contributed by atoms with Crippen molar-refractivity contribution in [1.29, 1.82) is 0 Å². The molecule has 0 saturated carbocycles. The average molecular weight is 278 g/mol. The van der Waals surface area contributed by atoms with Gasteiger partial charge in [0.1, 0.15) is 11.0 Å². The molecule has 0 bridgehead atoms. The molecule has 1 heterocycles. The van der Waals surface area contributed by atoms with Crippen LogP contribution in [0.1, 0.15) is 19.3 Å². The van der Waals surface area contributed by atoms with E-state index in [1.165, 1.54) is 0 Å². The average Bonchev–Trinajstić information content (AvgIpc) is 2.52. The van der Waals surface area contributed by atoms with Crippen LogP contribution in [-0.4, -0.2) is 20.3 Å². The van der Waals surface area contributed by atoms with Crippen LogP contribution in [0.5, 0.6) is 0 Å². The van der Waals surface area contributed by atoms with Crippen LogP contribution in [0.2, 0.25) is 0 Å². The van der Waals surface area contributed by atoms with Crippen LogP contribution in [0.15, 0.2) is 59.7 Å². The van der Waals surface area contributed by atoms with E-state index in [1.807, 2.05) is 12.2 Å². The smallest absolute Gasteiger partial charge is 0.188 e. The first-order valence-electron chi connectivity index (χ1n) is 6.38. The van der Waals surface area contributed by atoms with E-state index >= 15 is 0 Å². The number of benzene rings is 1. The van der Waals surface area contributed by atoms with E-state index in [4.69, 9.17) is 4.74 Å². The summed E-state index contributed by atoms with van der Waals surface area (Å²) in [5, 5.41) is -0.669. The highest BCUT2D eigenvalue weighted by Crippen LogP contribution is 2.26. The molecule has 0 saturated heterocycles. The summed E-state index contributed by atoms with van der Waals surface area (Å²) < 4.78 is 30.7. The molecule has 0 radical (unpaired) electrons. The van der Waals surface area contributed by atoms with Crippen molar-refractivity contribution in [2.75, 3.05) is 6.61 Å². The normalized spacial score (nSPS) is 22.7. The van der Waals surface area contributed by atoms with Crippen LogP contribution < -0.4 is 0 Å². The molecule has 3 nitrogen and oxygen atoms in total. The lowest BCUT2D eigenvalue weighted by Gasteiger charge is -2.19. The molecule has 4 heteroatoms. The first-order chi connectivity index (χ1) is 9.12. The maximum absolute atomic E-state index is 12.6. The molecule has 1 aliphatic heterocycles. The van der Waals surface area contributed by atoms with E-state index in [-0.39, 0.29) is 0 Å². The van der Waals surface area contributed by atoms with Gasteiger partial charge < -0.3 is 4.74 Å². The summed E-state index contributed by atoms with van der Waals surface area (Å²) in [5.41, 5.74) is 0. The fraction of sp³-hybridized carbons (Fsp3) is 0.333. The Balaban J connectivity index is 2.31. The van der Waals surface area contributed by atoms with E-state index in [1.54, 1.807) is 30.3 Å². The van der Waals surface area contributed by atoms with Gasteiger partial charge in [0.15, 0.2) is 9.84 Å². The predicted octanol–water partition coefficient (Wildman–Crippen LogP) is 3.10.